The number of hydrogen-bond donors (Lipinski definition) is 1. The zero-order valence-corrected chi connectivity index (χ0v) is 12.8. The predicted octanol–water partition coefficient (Wildman–Crippen LogP) is 2.03. The summed E-state index contributed by atoms with van der Waals surface area (Å²) in [5, 5.41) is 5.05. The summed E-state index contributed by atoms with van der Waals surface area (Å²) in [5.41, 5.74) is 0.505. The van der Waals surface area contributed by atoms with E-state index in [0.29, 0.717) is 23.2 Å². The average Bonchev–Trinajstić information content (AvgIpc) is 3.21. The maximum absolute atomic E-state index is 12.5. The van der Waals surface area contributed by atoms with E-state index in [4.69, 9.17) is 0 Å². The number of pyridine rings is 1. The van der Waals surface area contributed by atoms with Crippen LogP contribution >= 0.6 is 11.3 Å². The van der Waals surface area contributed by atoms with E-state index in [2.05, 4.69) is 15.3 Å². The second kappa shape index (κ2) is 6.65. The smallest absolute Gasteiger partial charge is 0.255 e. The SMILES string of the molecule is O=C(CN(CC1CC1)C(=O)c1cccnc1)Nc1nccs1. The maximum atomic E-state index is 12.5. The van der Waals surface area contributed by atoms with Crippen LogP contribution in [0, 0.1) is 5.92 Å². The number of aromatic nitrogens is 2. The van der Waals surface area contributed by atoms with Gasteiger partial charge in [0.05, 0.1) is 5.56 Å². The number of carbonyl (C=O) groups excluding carboxylic acids is 2. The van der Waals surface area contributed by atoms with Gasteiger partial charge in [-0.25, -0.2) is 4.98 Å². The van der Waals surface area contributed by atoms with Crippen molar-refractivity contribution in [3.8, 4) is 0 Å². The van der Waals surface area contributed by atoms with Crippen molar-refractivity contribution >= 4 is 28.3 Å². The van der Waals surface area contributed by atoms with Crippen LogP contribution in [0.2, 0.25) is 0 Å². The number of rotatable bonds is 6. The highest BCUT2D eigenvalue weighted by Gasteiger charge is 2.28. The minimum atomic E-state index is -0.229. The molecule has 0 radical (unpaired) electrons. The lowest BCUT2D eigenvalue weighted by Gasteiger charge is -2.21. The molecule has 7 heteroatoms. The summed E-state index contributed by atoms with van der Waals surface area (Å²) in [5.74, 6) is 0.121. The van der Waals surface area contributed by atoms with Gasteiger partial charge in [0.1, 0.15) is 6.54 Å². The standard InChI is InChI=1S/C15H16N4O2S/c20-13(18-15-17-6-7-22-15)10-19(9-11-3-4-11)14(21)12-2-1-5-16-8-12/h1-2,5-8,11H,3-4,9-10H2,(H,17,18,20). The minimum absolute atomic E-state index is 0.0316. The monoisotopic (exact) mass is 316 g/mol. The summed E-state index contributed by atoms with van der Waals surface area (Å²) in [7, 11) is 0. The molecule has 114 valence electrons. The Bertz CT molecular complexity index is 641. The van der Waals surface area contributed by atoms with Gasteiger partial charge in [-0.1, -0.05) is 0 Å². The Labute approximate surface area is 132 Å². The van der Waals surface area contributed by atoms with Crippen molar-refractivity contribution in [2.75, 3.05) is 18.4 Å². The summed E-state index contributed by atoms with van der Waals surface area (Å²) < 4.78 is 0. The third-order valence-corrected chi connectivity index (χ3v) is 4.07. The average molecular weight is 316 g/mol. The molecule has 2 aromatic heterocycles. The van der Waals surface area contributed by atoms with E-state index < -0.39 is 0 Å². The first-order chi connectivity index (χ1) is 10.7. The highest BCUT2D eigenvalue weighted by molar-refractivity contribution is 7.13. The topological polar surface area (TPSA) is 75.2 Å². The molecular formula is C15H16N4O2S. The van der Waals surface area contributed by atoms with Crippen LogP contribution in [-0.2, 0) is 4.79 Å². The first-order valence-electron chi connectivity index (χ1n) is 7.11. The number of nitrogens with zero attached hydrogens (tertiary/aromatic N) is 3. The third kappa shape index (κ3) is 3.88. The van der Waals surface area contributed by atoms with Gasteiger partial charge >= 0.3 is 0 Å². The van der Waals surface area contributed by atoms with Crippen molar-refractivity contribution in [1.82, 2.24) is 14.9 Å². The van der Waals surface area contributed by atoms with E-state index in [0.717, 1.165) is 12.8 Å². The van der Waals surface area contributed by atoms with Crippen LogP contribution in [0.4, 0.5) is 5.13 Å². The van der Waals surface area contributed by atoms with Crippen molar-refractivity contribution < 1.29 is 9.59 Å². The van der Waals surface area contributed by atoms with Gasteiger partial charge < -0.3 is 10.2 Å². The van der Waals surface area contributed by atoms with Gasteiger partial charge in [-0.3, -0.25) is 14.6 Å². The van der Waals surface area contributed by atoms with Crippen molar-refractivity contribution in [2.45, 2.75) is 12.8 Å². The molecule has 1 N–H and O–H groups in total. The lowest BCUT2D eigenvalue weighted by atomic mass is 10.2. The van der Waals surface area contributed by atoms with E-state index in [9.17, 15) is 9.59 Å². The molecule has 1 aliphatic rings. The van der Waals surface area contributed by atoms with Gasteiger partial charge in [0.2, 0.25) is 5.91 Å². The first kappa shape index (κ1) is 14.6. The van der Waals surface area contributed by atoms with Gasteiger partial charge in [-0.15, -0.1) is 11.3 Å². The molecule has 0 aliphatic heterocycles. The molecule has 0 spiro atoms. The molecular weight excluding hydrogens is 300 g/mol. The van der Waals surface area contributed by atoms with Crippen molar-refractivity contribution in [1.29, 1.82) is 0 Å². The maximum Gasteiger partial charge on any atom is 0.255 e. The molecule has 1 fully saturated rings. The first-order valence-corrected chi connectivity index (χ1v) is 7.99. The van der Waals surface area contributed by atoms with Crippen LogP contribution < -0.4 is 5.32 Å². The summed E-state index contributed by atoms with van der Waals surface area (Å²) in [4.78, 5) is 34.2. The van der Waals surface area contributed by atoms with E-state index in [1.807, 2.05) is 0 Å². The fourth-order valence-corrected chi connectivity index (χ4v) is 2.67. The van der Waals surface area contributed by atoms with Crippen molar-refractivity contribution in [2.24, 2.45) is 5.92 Å². The number of nitrogens with one attached hydrogen (secondary N) is 1. The van der Waals surface area contributed by atoms with E-state index >= 15 is 0 Å². The number of thiazole rings is 1. The summed E-state index contributed by atoms with van der Waals surface area (Å²) in [6, 6.07) is 3.44. The molecule has 6 nitrogen and oxygen atoms in total. The molecule has 0 bridgehead atoms. The molecule has 1 aliphatic carbocycles. The summed E-state index contributed by atoms with van der Waals surface area (Å²) >= 11 is 1.35. The van der Waals surface area contributed by atoms with Crippen molar-refractivity contribution in [3.05, 3.63) is 41.7 Å². The van der Waals surface area contributed by atoms with Gasteiger partial charge in [0.25, 0.3) is 5.91 Å². The third-order valence-electron chi connectivity index (χ3n) is 3.38. The minimum Gasteiger partial charge on any atom is -0.329 e. The largest absolute Gasteiger partial charge is 0.329 e. The fraction of sp³-hybridized carbons (Fsp3) is 0.333. The second-order valence-corrected chi connectivity index (χ2v) is 6.15. The quantitative estimate of drug-likeness (QED) is 0.885. The normalized spacial score (nSPS) is 13.6. The van der Waals surface area contributed by atoms with E-state index in [1.165, 1.54) is 17.5 Å². The highest BCUT2D eigenvalue weighted by atomic mass is 32.1. The fourth-order valence-electron chi connectivity index (χ4n) is 2.12. The van der Waals surface area contributed by atoms with Crippen LogP contribution in [0.3, 0.4) is 0 Å². The molecule has 3 rings (SSSR count). The van der Waals surface area contributed by atoms with E-state index in [1.54, 1.807) is 34.8 Å². The zero-order valence-electron chi connectivity index (χ0n) is 11.9. The molecule has 0 unspecified atom stereocenters. The Morgan fingerprint density at radius 2 is 2.23 bits per heavy atom. The molecule has 0 atom stereocenters. The zero-order chi connectivity index (χ0) is 15.4. The molecule has 2 heterocycles. The van der Waals surface area contributed by atoms with Gasteiger partial charge in [0, 0.05) is 30.5 Å². The number of anilines is 1. The Morgan fingerprint density at radius 3 is 2.86 bits per heavy atom. The Hall–Kier alpha value is -2.28. The number of hydrogen-bond acceptors (Lipinski definition) is 5. The van der Waals surface area contributed by atoms with Crippen LogP contribution in [0.15, 0.2) is 36.1 Å². The molecule has 2 amide bonds. The summed E-state index contributed by atoms with van der Waals surface area (Å²) in [6.45, 7) is 0.642. The Kier molecular flexibility index (Phi) is 4.43. The Morgan fingerprint density at radius 1 is 1.36 bits per heavy atom. The molecule has 22 heavy (non-hydrogen) atoms. The predicted molar refractivity (Wildman–Crippen MR) is 83.6 cm³/mol. The lowest BCUT2D eigenvalue weighted by molar-refractivity contribution is -0.116. The van der Waals surface area contributed by atoms with Crippen LogP contribution in [0.25, 0.3) is 0 Å². The molecule has 2 aromatic rings. The van der Waals surface area contributed by atoms with Gasteiger partial charge in [0.15, 0.2) is 5.13 Å². The highest BCUT2D eigenvalue weighted by Crippen LogP contribution is 2.30. The van der Waals surface area contributed by atoms with E-state index in [-0.39, 0.29) is 18.4 Å². The van der Waals surface area contributed by atoms with Crippen LogP contribution in [0.5, 0.6) is 0 Å². The summed E-state index contributed by atoms with van der Waals surface area (Å²) in [6.07, 6.45) is 7.01. The van der Waals surface area contributed by atoms with Gasteiger partial charge in [-0.05, 0) is 30.9 Å². The van der Waals surface area contributed by atoms with Crippen LogP contribution in [0.1, 0.15) is 23.2 Å². The Balaban J connectivity index is 1.66. The molecule has 0 aromatic carbocycles. The number of carbonyl (C=O) groups is 2. The van der Waals surface area contributed by atoms with Crippen LogP contribution in [-0.4, -0.2) is 39.8 Å². The number of amides is 2. The molecule has 1 saturated carbocycles. The molecule has 0 saturated heterocycles. The second-order valence-electron chi connectivity index (χ2n) is 5.26. The lowest BCUT2D eigenvalue weighted by Crippen LogP contribution is -2.39. The van der Waals surface area contributed by atoms with Gasteiger partial charge in [-0.2, -0.15) is 0 Å². The van der Waals surface area contributed by atoms with Crippen molar-refractivity contribution in [3.63, 3.8) is 0 Å².